The first-order chi connectivity index (χ1) is 9.97. The highest BCUT2D eigenvalue weighted by Gasteiger charge is 2.18. The van der Waals surface area contributed by atoms with Crippen molar-refractivity contribution in [3.05, 3.63) is 51.3 Å². The molecule has 2 N–H and O–H groups in total. The molecule has 0 aliphatic rings. The van der Waals surface area contributed by atoms with E-state index >= 15 is 0 Å². The summed E-state index contributed by atoms with van der Waals surface area (Å²) in [5.74, 6) is 0. The standard InChI is InChI=1S/C17H24ClN3/c1-5-15-17(18)16(21(6-2)20-15)10-14(19)13-8-7-11(3)12(4)9-13/h7-9,14H,5-6,10,19H2,1-4H3. The minimum atomic E-state index is -0.0616. The summed E-state index contributed by atoms with van der Waals surface area (Å²) < 4.78 is 1.97. The van der Waals surface area contributed by atoms with Crippen molar-refractivity contribution < 1.29 is 0 Å². The van der Waals surface area contributed by atoms with Crippen LogP contribution in [0.1, 0.15) is 48.0 Å². The number of hydrogen-bond acceptors (Lipinski definition) is 2. The van der Waals surface area contributed by atoms with Crippen LogP contribution in [0.3, 0.4) is 0 Å². The molecule has 1 aromatic heterocycles. The van der Waals surface area contributed by atoms with Gasteiger partial charge in [-0.05, 0) is 43.9 Å². The topological polar surface area (TPSA) is 43.8 Å². The molecule has 21 heavy (non-hydrogen) atoms. The number of nitrogens with two attached hydrogens (primary N) is 1. The first-order valence-corrected chi connectivity index (χ1v) is 7.92. The summed E-state index contributed by atoms with van der Waals surface area (Å²) in [4.78, 5) is 0. The van der Waals surface area contributed by atoms with Crippen LogP contribution in [0, 0.1) is 13.8 Å². The highest BCUT2D eigenvalue weighted by atomic mass is 35.5. The summed E-state index contributed by atoms with van der Waals surface area (Å²) in [5, 5.41) is 5.33. The van der Waals surface area contributed by atoms with Crippen molar-refractivity contribution in [3.63, 3.8) is 0 Å². The quantitative estimate of drug-likeness (QED) is 0.908. The van der Waals surface area contributed by atoms with E-state index < -0.39 is 0 Å². The molecule has 4 heteroatoms. The second-order valence-electron chi connectivity index (χ2n) is 5.53. The third kappa shape index (κ3) is 3.30. The zero-order valence-corrected chi connectivity index (χ0v) is 14.0. The molecule has 0 aliphatic carbocycles. The van der Waals surface area contributed by atoms with Gasteiger partial charge in [0, 0.05) is 19.0 Å². The molecule has 0 fully saturated rings. The molecule has 0 bridgehead atoms. The summed E-state index contributed by atoms with van der Waals surface area (Å²) in [6.07, 6.45) is 1.56. The Balaban J connectivity index is 2.28. The number of benzene rings is 1. The van der Waals surface area contributed by atoms with Crippen molar-refractivity contribution >= 4 is 11.6 Å². The van der Waals surface area contributed by atoms with E-state index in [1.807, 2.05) is 4.68 Å². The van der Waals surface area contributed by atoms with Gasteiger partial charge in [0.15, 0.2) is 0 Å². The van der Waals surface area contributed by atoms with Gasteiger partial charge in [-0.3, -0.25) is 4.68 Å². The first kappa shape index (κ1) is 16.1. The fourth-order valence-corrected chi connectivity index (χ4v) is 2.88. The summed E-state index contributed by atoms with van der Waals surface area (Å²) in [6, 6.07) is 6.34. The minimum absolute atomic E-state index is 0.0616. The summed E-state index contributed by atoms with van der Waals surface area (Å²) in [6.45, 7) is 9.19. The van der Waals surface area contributed by atoms with Crippen LogP contribution in [-0.2, 0) is 19.4 Å². The van der Waals surface area contributed by atoms with E-state index in [0.29, 0.717) is 6.42 Å². The van der Waals surface area contributed by atoms with Crippen molar-refractivity contribution in [1.29, 1.82) is 0 Å². The predicted molar refractivity (Wildman–Crippen MR) is 88.8 cm³/mol. The van der Waals surface area contributed by atoms with Crippen LogP contribution < -0.4 is 5.73 Å². The maximum atomic E-state index is 6.46. The monoisotopic (exact) mass is 305 g/mol. The summed E-state index contributed by atoms with van der Waals surface area (Å²) in [7, 11) is 0. The summed E-state index contributed by atoms with van der Waals surface area (Å²) >= 11 is 6.46. The number of halogens is 1. The molecule has 1 heterocycles. The lowest BCUT2D eigenvalue weighted by molar-refractivity contribution is 0.585. The van der Waals surface area contributed by atoms with Gasteiger partial charge in [0.1, 0.15) is 0 Å². The predicted octanol–water partition coefficient (Wildman–Crippen LogP) is 3.98. The Hall–Kier alpha value is -1.32. The molecule has 2 rings (SSSR count). The molecule has 3 nitrogen and oxygen atoms in total. The van der Waals surface area contributed by atoms with Crippen LogP contribution in [0.2, 0.25) is 5.02 Å². The lowest BCUT2D eigenvalue weighted by Crippen LogP contribution is -2.16. The third-order valence-corrected chi connectivity index (χ3v) is 4.50. The average molecular weight is 306 g/mol. The summed E-state index contributed by atoms with van der Waals surface area (Å²) in [5.41, 5.74) is 12.1. The smallest absolute Gasteiger partial charge is 0.0850 e. The van der Waals surface area contributed by atoms with Gasteiger partial charge in [0.25, 0.3) is 0 Å². The van der Waals surface area contributed by atoms with E-state index in [0.717, 1.165) is 34.9 Å². The number of aromatic nitrogens is 2. The minimum Gasteiger partial charge on any atom is -0.324 e. The van der Waals surface area contributed by atoms with E-state index in [-0.39, 0.29) is 6.04 Å². The maximum absolute atomic E-state index is 6.46. The molecule has 0 radical (unpaired) electrons. The Morgan fingerprint density at radius 2 is 1.95 bits per heavy atom. The Bertz CT molecular complexity index is 631. The molecule has 114 valence electrons. The largest absolute Gasteiger partial charge is 0.324 e. The lowest BCUT2D eigenvalue weighted by atomic mass is 9.98. The van der Waals surface area contributed by atoms with Gasteiger partial charge in [0.2, 0.25) is 0 Å². The number of nitrogens with zero attached hydrogens (tertiary/aromatic N) is 2. The highest BCUT2D eigenvalue weighted by molar-refractivity contribution is 6.31. The van der Waals surface area contributed by atoms with E-state index in [2.05, 4.69) is 51.0 Å². The van der Waals surface area contributed by atoms with Crippen LogP contribution in [0.5, 0.6) is 0 Å². The molecule has 0 aliphatic heterocycles. The van der Waals surface area contributed by atoms with Gasteiger partial charge >= 0.3 is 0 Å². The molecule has 1 atom stereocenters. The van der Waals surface area contributed by atoms with Crippen LogP contribution in [0.25, 0.3) is 0 Å². The van der Waals surface area contributed by atoms with Gasteiger partial charge in [-0.2, -0.15) is 5.10 Å². The molecule has 0 saturated heterocycles. The third-order valence-electron chi connectivity index (χ3n) is 4.07. The Kier molecular flexibility index (Phi) is 5.07. The molecule has 2 aromatic rings. The normalized spacial score (nSPS) is 12.7. The molecular weight excluding hydrogens is 282 g/mol. The zero-order chi connectivity index (χ0) is 15.6. The molecule has 1 unspecified atom stereocenters. The van der Waals surface area contributed by atoms with Crippen molar-refractivity contribution in [3.8, 4) is 0 Å². The van der Waals surface area contributed by atoms with Crippen molar-refractivity contribution in [2.45, 2.75) is 53.1 Å². The molecule has 0 spiro atoms. The van der Waals surface area contributed by atoms with E-state index in [1.54, 1.807) is 0 Å². The Morgan fingerprint density at radius 1 is 1.24 bits per heavy atom. The van der Waals surface area contributed by atoms with Crippen LogP contribution in [-0.4, -0.2) is 9.78 Å². The van der Waals surface area contributed by atoms with Gasteiger partial charge in [-0.1, -0.05) is 36.7 Å². The molecular formula is C17H24ClN3. The van der Waals surface area contributed by atoms with Crippen molar-refractivity contribution in [1.82, 2.24) is 9.78 Å². The second kappa shape index (κ2) is 6.63. The van der Waals surface area contributed by atoms with Crippen molar-refractivity contribution in [2.24, 2.45) is 5.73 Å². The fraction of sp³-hybridized carbons (Fsp3) is 0.471. The van der Waals surface area contributed by atoms with Crippen LogP contribution >= 0.6 is 11.6 Å². The fourth-order valence-electron chi connectivity index (χ4n) is 2.53. The van der Waals surface area contributed by atoms with Crippen LogP contribution in [0.15, 0.2) is 18.2 Å². The van der Waals surface area contributed by atoms with Gasteiger partial charge in [-0.25, -0.2) is 0 Å². The van der Waals surface area contributed by atoms with Gasteiger partial charge in [0.05, 0.1) is 16.4 Å². The lowest BCUT2D eigenvalue weighted by Gasteiger charge is -2.15. The second-order valence-corrected chi connectivity index (χ2v) is 5.91. The van der Waals surface area contributed by atoms with E-state index in [1.165, 1.54) is 11.1 Å². The average Bonchev–Trinajstić information content (AvgIpc) is 2.78. The van der Waals surface area contributed by atoms with Crippen LogP contribution in [0.4, 0.5) is 0 Å². The molecule has 1 aromatic carbocycles. The van der Waals surface area contributed by atoms with Gasteiger partial charge in [-0.15, -0.1) is 0 Å². The highest BCUT2D eigenvalue weighted by Crippen LogP contribution is 2.26. The van der Waals surface area contributed by atoms with E-state index in [4.69, 9.17) is 17.3 Å². The Labute approximate surface area is 132 Å². The molecule has 0 saturated carbocycles. The molecule has 0 amide bonds. The van der Waals surface area contributed by atoms with E-state index in [9.17, 15) is 0 Å². The number of aryl methyl sites for hydroxylation is 4. The first-order valence-electron chi connectivity index (χ1n) is 7.54. The Morgan fingerprint density at radius 3 is 2.52 bits per heavy atom. The number of rotatable bonds is 5. The van der Waals surface area contributed by atoms with Crippen molar-refractivity contribution in [2.75, 3.05) is 0 Å². The number of hydrogen-bond donors (Lipinski definition) is 1. The SMILES string of the molecule is CCc1nn(CC)c(CC(N)c2ccc(C)c(C)c2)c1Cl. The zero-order valence-electron chi connectivity index (χ0n) is 13.3. The van der Waals surface area contributed by atoms with Gasteiger partial charge < -0.3 is 5.73 Å². The maximum Gasteiger partial charge on any atom is 0.0850 e.